The lowest BCUT2D eigenvalue weighted by molar-refractivity contribution is 0.468. The van der Waals surface area contributed by atoms with Crippen molar-refractivity contribution < 1.29 is 14.9 Å². The van der Waals surface area contributed by atoms with Gasteiger partial charge in [0.25, 0.3) is 0 Å². The molecule has 0 unspecified atom stereocenters. The van der Waals surface area contributed by atoms with E-state index in [9.17, 15) is 10.2 Å². The molecule has 2 N–H and O–H groups in total. The van der Waals surface area contributed by atoms with Crippen LogP contribution in [0.4, 0.5) is 0 Å². The number of rotatable bonds is 3. The van der Waals surface area contributed by atoms with Gasteiger partial charge in [0.05, 0.1) is 0 Å². The molecule has 0 saturated heterocycles. The Morgan fingerprint density at radius 2 is 1.48 bits per heavy atom. The minimum Gasteiger partial charge on any atom is -0.508 e. The summed E-state index contributed by atoms with van der Waals surface area (Å²) in [5, 5.41) is 21.0. The Balaban J connectivity index is 1.88. The minimum atomic E-state index is 0.196. The Kier molecular flexibility index (Phi) is 4.11. The van der Waals surface area contributed by atoms with E-state index in [0.29, 0.717) is 5.75 Å². The molecule has 4 aromatic rings. The van der Waals surface area contributed by atoms with Gasteiger partial charge in [-0.05, 0) is 60.2 Å². The molecular weight excluding hydrogens is 400 g/mol. The summed E-state index contributed by atoms with van der Waals surface area (Å²) in [5.74, 6) is 1.07. The summed E-state index contributed by atoms with van der Waals surface area (Å²) < 4.78 is 8.05. The molecule has 0 atom stereocenters. The largest absolute Gasteiger partial charge is 0.508 e. The zero-order valence-electron chi connectivity index (χ0n) is 12.9. The number of aromatic hydroxyl groups is 2. The lowest BCUT2D eigenvalue weighted by Gasteiger charge is -2.08. The topological polar surface area (TPSA) is 49.7 Å². The number of phenols is 2. The van der Waals surface area contributed by atoms with Crippen molar-refractivity contribution in [3.63, 3.8) is 0 Å². The van der Waals surface area contributed by atoms with Crippen LogP contribution in [0.2, 0.25) is 0 Å². The maximum atomic E-state index is 9.79. The molecule has 5 heteroatoms. The van der Waals surface area contributed by atoms with Crippen molar-refractivity contribution in [2.45, 2.75) is 0 Å². The van der Waals surface area contributed by atoms with Gasteiger partial charge in [0.15, 0.2) is 5.06 Å². The molecule has 0 radical (unpaired) electrons. The fourth-order valence-corrected chi connectivity index (χ4v) is 4.04. The molecule has 0 aliphatic carbocycles. The SMILES string of the molecule is Oc1ccc(Oc2sc3cc(O)ccc3c2-c2ccc(Br)cc2)cc1. The third-order valence-electron chi connectivity index (χ3n) is 3.82. The van der Waals surface area contributed by atoms with Gasteiger partial charge in [-0.25, -0.2) is 0 Å². The van der Waals surface area contributed by atoms with Crippen molar-refractivity contribution in [1.82, 2.24) is 0 Å². The molecule has 0 amide bonds. The fourth-order valence-electron chi connectivity index (χ4n) is 2.65. The molecule has 0 fully saturated rings. The van der Waals surface area contributed by atoms with E-state index in [1.165, 1.54) is 11.3 Å². The van der Waals surface area contributed by atoms with Crippen molar-refractivity contribution in [3.05, 3.63) is 71.2 Å². The second kappa shape index (κ2) is 6.43. The van der Waals surface area contributed by atoms with Gasteiger partial charge in [-0.15, -0.1) is 0 Å². The van der Waals surface area contributed by atoms with Crippen LogP contribution in [0.5, 0.6) is 22.3 Å². The Labute approximate surface area is 156 Å². The van der Waals surface area contributed by atoms with E-state index >= 15 is 0 Å². The summed E-state index contributed by atoms with van der Waals surface area (Å²) in [6, 6.07) is 20.0. The Hall–Kier alpha value is -2.50. The molecule has 25 heavy (non-hydrogen) atoms. The molecule has 0 spiro atoms. The first-order chi connectivity index (χ1) is 12.1. The molecule has 4 rings (SSSR count). The van der Waals surface area contributed by atoms with Crippen LogP contribution in [-0.2, 0) is 0 Å². The molecule has 0 saturated carbocycles. The second-order valence-electron chi connectivity index (χ2n) is 5.55. The van der Waals surface area contributed by atoms with E-state index in [0.717, 1.165) is 30.7 Å². The van der Waals surface area contributed by atoms with Gasteiger partial charge in [0, 0.05) is 20.1 Å². The molecule has 0 bridgehead atoms. The molecule has 0 aliphatic rings. The highest BCUT2D eigenvalue weighted by Crippen LogP contribution is 2.47. The zero-order valence-corrected chi connectivity index (χ0v) is 15.3. The first-order valence-electron chi connectivity index (χ1n) is 7.58. The van der Waals surface area contributed by atoms with Crippen LogP contribution in [0, 0.1) is 0 Å². The van der Waals surface area contributed by atoms with Crippen molar-refractivity contribution >= 4 is 37.4 Å². The second-order valence-corrected chi connectivity index (χ2v) is 7.48. The molecule has 3 aromatic carbocycles. The van der Waals surface area contributed by atoms with Crippen LogP contribution in [0.1, 0.15) is 0 Å². The number of hydrogen-bond donors (Lipinski definition) is 2. The van der Waals surface area contributed by atoms with Gasteiger partial charge in [0.1, 0.15) is 17.2 Å². The van der Waals surface area contributed by atoms with E-state index < -0.39 is 0 Å². The highest BCUT2D eigenvalue weighted by molar-refractivity contribution is 9.10. The normalized spacial score (nSPS) is 10.9. The summed E-state index contributed by atoms with van der Waals surface area (Å²) in [6.07, 6.45) is 0. The monoisotopic (exact) mass is 412 g/mol. The van der Waals surface area contributed by atoms with Gasteiger partial charge in [-0.2, -0.15) is 0 Å². The van der Waals surface area contributed by atoms with Crippen molar-refractivity contribution in [3.8, 4) is 33.4 Å². The lowest BCUT2D eigenvalue weighted by Crippen LogP contribution is -1.84. The maximum absolute atomic E-state index is 9.79. The van der Waals surface area contributed by atoms with Crippen LogP contribution in [0.15, 0.2) is 71.2 Å². The molecule has 0 aliphatic heterocycles. The Morgan fingerprint density at radius 1 is 0.800 bits per heavy atom. The van der Waals surface area contributed by atoms with E-state index in [1.54, 1.807) is 36.4 Å². The summed E-state index contributed by atoms with van der Waals surface area (Å²) in [6.45, 7) is 0. The number of fused-ring (bicyclic) bond motifs is 1. The summed E-state index contributed by atoms with van der Waals surface area (Å²) >= 11 is 4.94. The fraction of sp³-hybridized carbons (Fsp3) is 0. The van der Waals surface area contributed by atoms with Crippen LogP contribution in [0.25, 0.3) is 21.2 Å². The van der Waals surface area contributed by atoms with E-state index in [-0.39, 0.29) is 11.5 Å². The van der Waals surface area contributed by atoms with Gasteiger partial charge in [0.2, 0.25) is 0 Å². The number of ether oxygens (including phenoxy) is 1. The quantitative estimate of drug-likeness (QED) is 0.401. The van der Waals surface area contributed by atoms with E-state index in [1.807, 2.05) is 30.3 Å². The first kappa shape index (κ1) is 16.0. The first-order valence-corrected chi connectivity index (χ1v) is 9.19. The molecule has 1 heterocycles. The number of halogens is 1. The predicted molar refractivity (Wildman–Crippen MR) is 105 cm³/mol. The standard InChI is InChI=1S/C20H13BrO3S/c21-13-3-1-12(2-4-13)19-17-10-7-15(23)11-18(17)25-20(19)24-16-8-5-14(22)6-9-16/h1-11,22-23H. The highest BCUT2D eigenvalue weighted by atomic mass is 79.9. The van der Waals surface area contributed by atoms with Crippen LogP contribution < -0.4 is 4.74 Å². The number of phenolic OH excluding ortho intramolecular Hbond substituents is 2. The smallest absolute Gasteiger partial charge is 0.189 e. The van der Waals surface area contributed by atoms with E-state index in [4.69, 9.17) is 4.74 Å². The molecule has 1 aromatic heterocycles. The molecule has 3 nitrogen and oxygen atoms in total. The predicted octanol–water partition coefficient (Wildman–Crippen LogP) is 6.53. The zero-order chi connectivity index (χ0) is 17.4. The minimum absolute atomic E-state index is 0.196. The van der Waals surface area contributed by atoms with Crippen LogP contribution >= 0.6 is 27.3 Å². The van der Waals surface area contributed by atoms with E-state index in [2.05, 4.69) is 15.9 Å². The average Bonchev–Trinajstić information content (AvgIpc) is 2.94. The van der Waals surface area contributed by atoms with Crippen molar-refractivity contribution in [2.75, 3.05) is 0 Å². The Bertz CT molecular complexity index is 1040. The van der Waals surface area contributed by atoms with Crippen molar-refractivity contribution in [1.29, 1.82) is 0 Å². The summed E-state index contributed by atoms with van der Waals surface area (Å²) in [4.78, 5) is 0. The third-order valence-corrected chi connectivity index (χ3v) is 5.38. The molecular formula is C20H13BrO3S. The lowest BCUT2D eigenvalue weighted by atomic mass is 10.0. The maximum Gasteiger partial charge on any atom is 0.189 e. The molecule has 124 valence electrons. The highest BCUT2D eigenvalue weighted by Gasteiger charge is 2.16. The summed E-state index contributed by atoms with van der Waals surface area (Å²) in [5.41, 5.74) is 2.02. The number of hydrogen-bond acceptors (Lipinski definition) is 4. The number of benzene rings is 3. The third kappa shape index (κ3) is 3.21. The number of thiophene rings is 1. The summed E-state index contributed by atoms with van der Waals surface area (Å²) in [7, 11) is 0. The average molecular weight is 413 g/mol. The van der Waals surface area contributed by atoms with Gasteiger partial charge < -0.3 is 14.9 Å². The van der Waals surface area contributed by atoms with Gasteiger partial charge in [-0.3, -0.25) is 0 Å². The van der Waals surface area contributed by atoms with Gasteiger partial charge in [-0.1, -0.05) is 39.4 Å². The van der Waals surface area contributed by atoms with Crippen LogP contribution in [-0.4, -0.2) is 10.2 Å². The van der Waals surface area contributed by atoms with Crippen molar-refractivity contribution in [2.24, 2.45) is 0 Å². The van der Waals surface area contributed by atoms with Crippen LogP contribution in [0.3, 0.4) is 0 Å². The Morgan fingerprint density at radius 3 is 2.20 bits per heavy atom. The van der Waals surface area contributed by atoms with Gasteiger partial charge >= 0.3 is 0 Å².